The average molecular weight is 351 g/mol. The molecule has 0 atom stereocenters. The molecule has 3 aromatic heterocycles. The predicted molar refractivity (Wildman–Crippen MR) is 95.7 cm³/mol. The number of hydrogen-bond donors (Lipinski definition) is 1. The van der Waals surface area contributed by atoms with E-state index in [-0.39, 0.29) is 5.91 Å². The Kier molecular flexibility index (Phi) is 4.28. The number of aromatic nitrogens is 4. The molecular weight excluding hydrogens is 330 g/mol. The molecule has 0 unspecified atom stereocenters. The van der Waals surface area contributed by atoms with E-state index in [9.17, 15) is 4.79 Å². The molecule has 1 N–H and O–H groups in total. The van der Waals surface area contributed by atoms with E-state index in [1.165, 1.54) is 0 Å². The van der Waals surface area contributed by atoms with Gasteiger partial charge in [-0.3, -0.25) is 14.9 Å². The van der Waals surface area contributed by atoms with E-state index in [1.807, 2.05) is 30.2 Å². The number of nitrogens with zero attached hydrogens (tertiary/aromatic N) is 4. The standard InChI is InChI=1S/C19H21N5O2/c1-12-17(13(2)26-23-12)19(25)24-9-5-15(6-10-24)18-16(11-21-22-18)14-3-7-20-8-4-14/h3-4,7-8,11,15H,5-6,9-10H2,1-2H3,(H,21,22). The van der Waals surface area contributed by atoms with E-state index in [2.05, 4.69) is 20.3 Å². The van der Waals surface area contributed by atoms with Crippen LogP contribution in [0.3, 0.4) is 0 Å². The molecule has 4 rings (SSSR count). The van der Waals surface area contributed by atoms with Crippen LogP contribution >= 0.6 is 0 Å². The van der Waals surface area contributed by atoms with E-state index < -0.39 is 0 Å². The van der Waals surface area contributed by atoms with Crippen molar-refractivity contribution in [3.8, 4) is 11.1 Å². The zero-order chi connectivity index (χ0) is 18.1. The summed E-state index contributed by atoms with van der Waals surface area (Å²) in [6.07, 6.45) is 7.24. The maximum Gasteiger partial charge on any atom is 0.259 e. The molecule has 7 heteroatoms. The van der Waals surface area contributed by atoms with E-state index in [1.54, 1.807) is 19.3 Å². The molecule has 0 radical (unpaired) electrons. The molecule has 4 heterocycles. The smallest absolute Gasteiger partial charge is 0.259 e. The van der Waals surface area contributed by atoms with Gasteiger partial charge in [0.15, 0.2) is 0 Å². The summed E-state index contributed by atoms with van der Waals surface area (Å²) in [4.78, 5) is 18.8. The summed E-state index contributed by atoms with van der Waals surface area (Å²) >= 11 is 0. The molecule has 1 amide bonds. The van der Waals surface area contributed by atoms with Crippen molar-refractivity contribution >= 4 is 5.91 Å². The fourth-order valence-electron chi connectivity index (χ4n) is 3.69. The van der Waals surface area contributed by atoms with Crippen LogP contribution in [0, 0.1) is 13.8 Å². The molecule has 1 aliphatic rings. The summed E-state index contributed by atoms with van der Waals surface area (Å²) in [5, 5.41) is 11.3. The zero-order valence-corrected chi connectivity index (χ0v) is 14.9. The Bertz CT molecular complexity index is 888. The molecule has 0 aliphatic carbocycles. The van der Waals surface area contributed by atoms with E-state index >= 15 is 0 Å². The van der Waals surface area contributed by atoms with E-state index in [4.69, 9.17) is 4.52 Å². The number of carbonyl (C=O) groups excluding carboxylic acids is 1. The number of amides is 1. The third kappa shape index (κ3) is 2.89. The van der Waals surface area contributed by atoms with E-state index in [0.29, 0.717) is 36.0 Å². The lowest BCUT2D eigenvalue weighted by Gasteiger charge is -2.32. The Morgan fingerprint density at radius 3 is 2.62 bits per heavy atom. The number of nitrogens with one attached hydrogen (secondary N) is 1. The largest absolute Gasteiger partial charge is 0.361 e. The second kappa shape index (κ2) is 6.74. The van der Waals surface area contributed by atoms with Crippen molar-refractivity contribution in [1.29, 1.82) is 0 Å². The highest BCUT2D eigenvalue weighted by Crippen LogP contribution is 2.34. The van der Waals surface area contributed by atoms with Crippen LogP contribution in [0.4, 0.5) is 0 Å². The summed E-state index contributed by atoms with van der Waals surface area (Å²) in [5.41, 5.74) is 4.62. The minimum atomic E-state index is 0.0127. The van der Waals surface area contributed by atoms with Gasteiger partial charge >= 0.3 is 0 Å². The normalized spacial score (nSPS) is 15.4. The molecular formula is C19H21N5O2. The minimum absolute atomic E-state index is 0.0127. The molecule has 1 fully saturated rings. The van der Waals surface area contributed by atoms with Crippen molar-refractivity contribution in [2.45, 2.75) is 32.6 Å². The predicted octanol–water partition coefficient (Wildman–Crippen LogP) is 3.10. The molecule has 0 aromatic carbocycles. The quantitative estimate of drug-likeness (QED) is 0.783. The maximum atomic E-state index is 12.8. The third-order valence-electron chi connectivity index (χ3n) is 5.10. The lowest BCUT2D eigenvalue weighted by molar-refractivity contribution is 0.0710. The lowest BCUT2D eigenvalue weighted by Crippen LogP contribution is -2.38. The van der Waals surface area contributed by atoms with Crippen LogP contribution in [0.2, 0.25) is 0 Å². The van der Waals surface area contributed by atoms with Gasteiger partial charge in [-0.15, -0.1) is 0 Å². The van der Waals surface area contributed by atoms with Crippen LogP contribution in [0.1, 0.15) is 46.3 Å². The number of H-pyrrole nitrogens is 1. The van der Waals surface area contributed by atoms with Crippen LogP contribution in [0.5, 0.6) is 0 Å². The van der Waals surface area contributed by atoms with Crippen molar-refractivity contribution in [1.82, 2.24) is 25.2 Å². The van der Waals surface area contributed by atoms with Crippen molar-refractivity contribution in [2.75, 3.05) is 13.1 Å². The van der Waals surface area contributed by atoms with Gasteiger partial charge in [0, 0.05) is 42.7 Å². The SMILES string of the molecule is Cc1noc(C)c1C(=O)N1CCC(c2[nH]ncc2-c2ccncc2)CC1. The number of carbonyl (C=O) groups is 1. The highest BCUT2D eigenvalue weighted by Gasteiger charge is 2.29. The molecule has 1 aliphatic heterocycles. The first-order valence-corrected chi connectivity index (χ1v) is 8.81. The highest BCUT2D eigenvalue weighted by atomic mass is 16.5. The Hall–Kier alpha value is -2.96. The van der Waals surface area contributed by atoms with Gasteiger partial charge in [0.25, 0.3) is 5.91 Å². The molecule has 3 aromatic rings. The topological polar surface area (TPSA) is 87.9 Å². The molecule has 0 spiro atoms. The van der Waals surface area contributed by atoms with Gasteiger partial charge in [-0.1, -0.05) is 5.16 Å². The van der Waals surface area contributed by atoms with Gasteiger partial charge in [0.1, 0.15) is 11.3 Å². The Balaban J connectivity index is 1.48. The summed E-state index contributed by atoms with van der Waals surface area (Å²) in [6, 6.07) is 3.98. The summed E-state index contributed by atoms with van der Waals surface area (Å²) in [6.45, 7) is 5.01. The molecule has 7 nitrogen and oxygen atoms in total. The number of likely N-dealkylation sites (tertiary alicyclic amines) is 1. The van der Waals surface area contributed by atoms with Crippen molar-refractivity contribution < 1.29 is 9.32 Å². The number of piperidine rings is 1. The summed E-state index contributed by atoms with van der Waals surface area (Å²) < 4.78 is 5.14. The monoisotopic (exact) mass is 351 g/mol. The van der Waals surface area contributed by atoms with Gasteiger partial charge in [-0.05, 0) is 44.4 Å². The third-order valence-corrected chi connectivity index (χ3v) is 5.10. The number of hydrogen-bond acceptors (Lipinski definition) is 5. The van der Waals surface area contributed by atoms with Gasteiger partial charge in [0.2, 0.25) is 0 Å². The summed E-state index contributed by atoms with van der Waals surface area (Å²) in [5.74, 6) is 0.955. The first-order chi connectivity index (χ1) is 12.6. The number of pyridine rings is 1. The number of aromatic amines is 1. The van der Waals surface area contributed by atoms with Gasteiger partial charge in [0.05, 0.1) is 11.9 Å². The van der Waals surface area contributed by atoms with Crippen LogP contribution < -0.4 is 0 Å². The fraction of sp³-hybridized carbons (Fsp3) is 0.368. The first-order valence-electron chi connectivity index (χ1n) is 8.81. The van der Waals surface area contributed by atoms with Gasteiger partial charge in [-0.2, -0.15) is 5.10 Å². The Morgan fingerprint density at radius 2 is 1.96 bits per heavy atom. The number of aryl methyl sites for hydroxylation is 2. The number of rotatable bonds is 3. The zero-order valence-electron chi connectivity index (χ0n) is 14.9. The average Bonchev–Trinajstić information content (AvgIpc) is 3.29. The fourth-order valence-corrected chi connectivity index (χ4v) is 3.69. The molecule has 1 saturated heterocycles. The van der Waals surface area contributed by atoms with Crippen molar-refractivity contribution in [2.24, 2.45) is 0 Å². The Morgan fingerprint density at radius 1 is 1.23 bits per heavy atom. The highest BCUT2D eigenvalue weighted by molar-refractivity contribution is 5.96. The van der Waals surface area contributed by atoms with Crippen LogP contribution in [-0.2, 0) is 0 Å². The second-order valence-electron chi connectivity index (χ2n) is 6.70. The Labute approximate surface area is 151 Å². The van der Waals surface area contributed by atoms with Gasteiger partial charge < -0.3 is 9.42 Å². The first kappa shape index (κ1) is 16.5. The second-order valence-corrected chi connectivity index (χ2v) is 6.70. The lowest BCUT2D eigenvalue weighted by atomic mass is 9.89. The van der Waals surface area contributed by atoms with Crippen LogP contribution in [-0.4, -0.2) is 44.2 Å². The molecule has 134 valence electrons. The van der Waals surface area contributed by atoms with Crippen LogP contribution in [0.15, 0.2) is 35.2 Å². The summed E-state index contributed by atoms with van der Waals surface area (Å²) in [7, 11) is 0. The maximum absolute atomic E-state index is 12.8. The van der Waals surface area contributed by atoms with Crippen LogP contribution in [0.25, 0.3) is 11.1 Å². The molecule has 0 bridgehead atoms. The van der Waals surface area contributed by atoms with Gasteiger partial charge in [-0.25, -0.2) is 0 Å². The minimum Gasteiger partial charge on any atom is -0.361 e. The van der Waals surface area contributed by atoms with Crippen molar-refractivity contribution in [3.05, 3.63) is 53.4 Å². The van der Waals surface area contributed by atoms with E-state index in [0.717, 1.165) is 29.7 Å². The molecule has 26 heavy (non-hydrogen) atoms. The van der Waals surface area contributed by atoms with Crippen molar-refractivity contribution in [3.63, 3.8) is 0 Å². The molecule has 0 saturated carbocycles.